The molecule has 0 aliphatic carbocycles. The van der Waals surface area contributed by atoms with Gasteiger partial charge >= 0.3 is 0 Å². The zero-order valence-electron chi connectivity index (χ0n) is 17.7. The summed E-state index contributed by atoms with van der Waals surface area (Å²) in [7, 11) is 0. The second-order valence-electron chi connectivity index (χ2n) is 8.38. The van der Waals surface area contributed by atoms with Gasteiger partial charge in [-0.2, -0.15) is 0 Å². The number of fused-ring (bicyclic) bond motifs is 2. The van der Waals surface area contributed by atoms with Gasteiger partial charge in [0.05, 0.1) is 34.3 Å². The molecular weight excluding hydrogens is 408 g/mol. The molecule has 4 aromatic rings. The summed E-state index contributed by atoms with van der Waals surface area (Å²) >= 11 is 1.48. The monoisotopic (exact) mass is 434 g/mol. The Morgan fingerprint density at radius 1 is 1.16 bits per heavy atom. The average Bonchev–Trinajstić information content (AvgIpc) is 3.04. The number of aryl methyl sites for hydroxylation is 1. The predicted octanol–water partition coefficient (Wildman–Crippen LogP) is 3.66. The molecule has 31 heavy (non-hydrogen) atoms. The molecule has 160 valence electrons. The fraction of sp³-hybridized carbons (Fsp3) is 0.360. The van der Waals surface area contributed by atoms with Crippen molar-refractivity contribution in [2.24, 2.45) is 0 Å². The standard InChI is InChI=1S/C25H26N2O3S/c1-2-16-13-17-23(29)19(25-26-20-9-5-6-10-21(20)31-25)15-30-24(17)18(22(16)28)14-27-11-7-3-4-8-12-27/h5-6,9-10,13,15,28H,2-4,7-8,11-12,14H2,1H3. The lowest BCUT2D eigenvalue weighted by Crippen LogP contribution is -3.10. The average molecular weight is 435 g/mol. The largest absolute Gasteiger partial charge is 0.872 e. The predicted molar refractivity (Wildman–Crippen MR) is 123 cm³/mol. The van der Waals surface area contributed by atoms with Crippen molar-refractivity contribution in [1.82, 2.24) is 4.98 Å². The Hall–Kier alpha value is -2.70. The van der Waals surface area contributed by atoms with Crippen LogP contribution in [0.25, 0.3) is 31.8 Å². The lowest BCUT2D eigenvalue weighted by Gasteiger charge is -2.24. The van der Waals surface area contributed by atoms with E-state index in [0.717, 1.165) is 23.3 Å². The van der Waals surface area contributed by atoms with Crippen LogP contribution in [0.15, 0.2) is 45.8 Å². The first-order chi connectivity index (χ1) is 15.2. The second-order valence-corrected chi connectivity index (χ2v) is 9.41. The summed E-state index contributed by atoms with van der Waals surface area (Å²) in [6.07, 6.45) is 6.96. The Morgan fingerprint density at radius 3 is 2.68 bits per heavy atom. The van der Waals surface area contributed by atoms with Gasteiger partial charge in [-0.25, -0.2) is 4.98 Å². The Kier molecular flexibility index (Phi) is 5.50. The molecule has 0 atom stereocenters. The molecule has 0 amide bonds. The number of nitrogens with one attached hydrogen (secondary N) is 1. The molecule has 0 unspecified atom stereocenters. The van der Waals surface area contributed by atoms with Gasteiger partial charge < -0.3 is 14.4 Å². The second kappa shape index (κ2) is 8.44. The third-order valence-electron chi connectivity index (χ3n) is 6.33. The van der Waals surface area contributed by atoms with Crippen LogP contribution < -0.4 is 15.4 Å². The molecule has 1 aliphatic rings. The third kappa shape index (κ3) is 3.75. The summed E-state index contributed by atoms with van der Waals surface area (Å²) in [4.78, 5) is 19.5. The highest BCUT2D eigenvalue weighted by molar-refractivity contribution is 7.21. The maximum absolute atomic E-state index is 13.5. The lowest BCUT2D eigenvalue weighted by molar-refractivity contribution is -0.913. The Labute approximate surface area is 185 Å². The van der Waals surface area contributed by atoms with E-state index >= 15 is 0 Å². The number of benzene rings is 2. The molecule has 3 heterocycles. The highest BCUT2D eigenvalue weighted by atomic mass is 32.1. The van der Waals surface area contributed by atoms with E-state index in [2.05, 4.69) is 4.98 Å². The fourth-order valence-electron chi connectivity index (χ4n) is 4.60. The number of nitrogens with zero attached hydrogens (tertiary/aromatic N) is 1. The van der Waals surface area contributed by atoms with Gasteiger partial charge in [-0.05, 0) is 50.3 Å². The van der Waals surface area contributed by atoms with Crippen molar-refractivity contribution in [1.29, 1.82) is 0 Å². The maximum atomic E-state index is 13.5. The van der Waals surface area contributed by atoms with Gasteiger partial charge in [-0.15, -0.1) is 11.3 Å². The number of para-hydroxylation sites is 1. The van der Waals surface area contributed by atoms with Crippen molar-refractivity contribution in [3.05, 3.63) is 57.9 Å². The number of likely N-dealkylation sites (tertiary alicyclic amines) is 1. The molecule has 6 heteroatoms. The van der Waals surface area contributed by atoms with E-state index in [9.17, 15) is 9.90 Å². The van der Waals surface area contributed by atoms with Crippen molar-refractivity contribution in [2.75, 3.05) is 13.1 Å². The molecule has 1 N–H and O–H groups in total. The highest BCUT2D eigenvalue weighted by Gasteiger charge is 2.20. The summed E-state index contributed by atoms with van der Waals surface area (Å²) in [6, 6.07) is 9.59. The van der Waals surface area contributed by atoms with Gasteiger partial charge in [-0.3, -0.25) is 4.79 Å². The summed E-state index contributed by atoms with van der Waals surface area (Å²) in [6.45, 7) is 4.70. The van der Waals surface area contributed by atoms with Crippen molar-refractivity contribution >= 4 is 32.5 Å². The SMILES string of the molecule is CCc1cc2c(=O)c(-c3nc4ccccc4s3)coc2c(C[NH+]2CCCCCC2)c1[O-]. The minimum Gasteiger partial charge on any atom is -0.872 e. The van der Waals surface area contributed by atoms with Crippen LogP contribution >= 0.6 is 11.3 Å². The molecular formula is C25H26N2O3S. The van der Waals surface area contributed by atoms with Crippen LogP contribution in [0, 0.1) is 0 Å². The van der Waals surface area contributed by atoms with E-state index < -0.39 is 0 Å². The minimum absolute atomic E-state index is 0.0302. The number of rotatable bonds is 4. The lowest BCUT2D eigenvalue weighted by atomic mass is 10.0. The van der Waals surface area contributed by atoms with Crippen molar-refractivity contribution < 1.29 is 14.4 Å². The van der Waals surface area contributed by atoms with Crippen molar-refractivity contribution in [3.8, 4) is 16.3 Å². The Bertz CT molecular complexity index is 1270. The minimum atomic E-state index is -0.109. The maximum Gasteiger partial charge on any atom is 0.202 e. The molecule has 5 rings (SSSR count). The molecule has 1 aliphatic heterocycles. The zero-order valence-corrected chi connectivity index (χ0v) is 18.5. The quantitative estimate of drug-likeness (QED) is 0.532. The van der Waals surface area contributed by atoms with E-state index in [-0.39, 0.29) is 11.2 Å². The zero-order chi connectivity index (χ0) is 21.4. The van der Waals surface area contributed by atoms with Crippen LogP contribution in [-0.2, 0) is 13.0 Å². The highest BCUT2D eigenvalue weighted by Crippen LogP contribution is 2.32. The number of hydrogen-bond acceptors (Lipinski definition) is 5. The number of quaternary nitrogens is 1. The molecule has 0 radical (unpaired) electrons. The molecule has 2 aromatic heterocycles. The van der Waals surface area contributed by atoms with Gasteiger partial charge in [-0.1, -0.05) is 30.4 Å². The van der Waals surface area contributed by atoms with Crippen LogP contribution in [0.5, 0.6) is 5.75 Å². The molecule has 0 spiro atoms. The molecule has 0 saturated carbocycles. The van der Waals surface area contributed by atoms with E-state index in [1.54, 1.807) is 6.07 Å². The first kappa shape index (κ1) is 20.2. The van der Waals surface area contributed by atoms with Gasteiger partial charge in [0.25, 0.3) is 0 Å². The molecule has 1 fully saturated rings. The van der Waals surface area contributed by atoms with E-state index in [4.69, 9.17) is 4.42 Å². The number of aromatic nitrogens is 1. The first-order valence-corrected chi connectivity index (χ1v) is 11.9. The normalized spacial score (nSPS) is 15.5. The van der Waals surface area contributed by atoms with Gasteiger partial charge in [0.1, 0.15) is 23.4 Å². The number of hydrogen-bond donors (Lipinski definition) is 1. The van der Waals surface area contributed by atoms with E-state index in [0.29, 0.717) is 45.6 Å². The summed E-state index contributed by atoms with van der Waals surface area (Å²) in [5.74, 6) is 0.0302. The molecule has 5 nitrogen and oxygen atoms in total. The summed E-state index contributed by atoms with van der Waals surface area (Å²) in [5, 5.41) is 14.3. The van der Waals surface area contributed by atoms with Crippen LogP contribution in [0.2, 0.25) is 0 Å². The van der Waals surface area contributed by atoms with Gasteiger partial charge in [0, 0.05) is 5.56 Å². The van der Waals surface area contributed by atoms with Crippen LogP contribution in [0.3, 0.4) is 0 Å². The van der Waals surface area contributed by atoms with Crippen LogP contribution in [0.4, 0.5) is 0 Å². The fourth-order valence-corrected chi connectivity index (χ4v) is 5.57. The van der Waals surface area contributed by atoms with E-state index in [1.165, 1.54) is 48.2 Å². The molecule has 2 aromatic carbocycles. The van der Waals surface area contributed by atoms with Crippen LogP contribution in [-0.4, -0.2) is 18.1 Å². The summed E-state index contributed by atoms with van der Waals surface area (Å²) < 4.78 is 7.05. The topological polar surface area (TPSA) is 70.6 Å². The van der Waals surface area contributed by atoms with Crippen molar-refractivity contribution in [2.45, 2.75) is 45.6 Å². The molecule has 0 bridgehead atoms. The van der Waals surface area contributed by atoms with Crippen LogP contribution in [0.1, 0.15) is 43.7 Å². The van der Waals surface area contributed by atoms with Gasteiger partial charge in [0.15, 0.2) is 0 Å². The third-order valence-corrected chi connectivity index (χ3v) is 7.40. The summed E-state index contributed by atoms with van der Waals surface area (Å²) in [5.41, 5.74) is 3.01. The smallest absolute Gasteiger partial charge is 0.202 e. The van der Waals surface area contributed by atoms with E-state index in [1.807, 2.05) is 31.2 Å². The Morgan fingerprint density at radius 2 is 1.94 bits per heavy atom. The first-order valence-electron chi connectivity index (χ1n) is 11.1. The van der Waals surface area contributed by atoms with Gasteiger partial charge in [0.2, 0.25) is 5.43 Å². The van der Waals surface area contributed by atoms with Crippen molar-refractivity contribution in [3.63, 3.8) is 0 Å². The number of thiazole rings is 1. The Balaban J connectivity index is 1.65. The molecule has 1 saturated heterocycles.